The molecule has 0 fully saturated rings. The molecule has 0 radical (unpaired) electrons. The minimum Gasteiger partial charge on any atom is -0.392 e. The minimum atomic E-state index is -0.263. The highest BCUT2D eigenvalue weighted by atomic mass is 16.7. The molecular formula is C8H19NO2. The normalized spacial score (nSPS) is 13.9. The molecule has 0 amide bonds. The monoisotopic (exact) mass is 161 g/mol. The maximum Gasteiger partial charge on any atom is 0.0687 e. The lowest BCUT2D eigenvalue weighted by Crippen LogP contribution is -2.32. The van der Waals surface area contributed by atoms with Gasteiger partial charge in [-0.1, -0.05) is 13.8 Å². The first-order valence-corrected chi connectivity index (χ1v) is 4.30. The van der Waals surface area contributed by atoms with Crippen molar-refractivity contribution < 1.29 is 9.94 Å². The highest BCUT2D eigenvalue weighted by Gasteiger charge is 2.07. The first kappa shape index (κ1) is 10.9. The van der Waals surface area contributed by atoms with Crippen molar-refractivity contribution in [2.45, 2.75) is 33.3 Å². The van der Waals surface area contributed by atoms with Crippen LogP contribution >= 0.6 is 0 Å². The molecule has 1 N–H and O–H groups in total. The number of rotatable bonds is 6. The Morgan fingerprint density at radius 1 is 1.36 bits per heavy atom. The topological polar surface area (TPSA) is 32.7 Å². The summed E-state index contributed by atoms with van der Waals surface area (Å²) in [7, 11) is 0. The molecule has 3 nitrogen and oxygen atoms in total. The average molecular weight is 161 g/mol. The summed E-state index contributed by atoms with van der Waals surface area (Å²) in [4.78, 5) is 5.24. The highest BCUT2D eigenvalue weighted by molar-refractivity contribution is 4.54. The van der Waals surface area contributed by atoms with E-state index in [1.165, 1.54) is 0 Å². The van der Waals surface area contributed by atoms with Crippen LogP contribution in [0.5, 0.6) is 0 Å². The van der Waals surface area contributed by atoms with Crippen LogP contribution in [0.25, 0.3) is 0 Å². The molecule has 0 aromatic carbocycles. The summed E-state index contributed by atoms with van der Waals surface area (Å²) in [6, 6.07) is 0. The molecule has 0 aliphatic carbocycles. The van der Waals surface area contributed by atoms with Gasteiger partial charge < -0.3 is 5.11 Å². The lowest BCUT2D eigenvalue weighted by Gasteiger charge is -2.21. The molecule has 0 aliphatic rings. The Morgan fingerprint density at radius 2 is 2.00 bits per heavy atom. The molecule has 0 bridgehead atoms. The van der Waals surface area contributed by atoms with E-state index in [9.17, 15) is 5.11 Å². The molecule has 0 heterocycles. The van der Waals surface area contributed by atoms with E-state index in [1.807, 2.05) is 20.8 Å². The Balaban J connectivity index is 3.49. The van der Waals surface area contributed by atoms with Gasteiger partial charge in [-0.3, -0.25) is 4.84 Å². The summed E-state index contributed by atoms with van der Waals surface area (Å²) in [6.45, 7) is 8.03. The van der Waals surface area contributed by atoms with Crippen molar-refractivity contribution >= 4 is 0 Å². The van der Waals surface area contributed by atoms with Gasteiger partial charge in [0.15, 0.2) is 0 Å². The van der Waals surface area contributed by atoms with E-state index in [0.29, 0.717) is 13.2 Å². The van der Waals surface area contributed by atoms with Crippen molar-refractivity contribution in [2.75, 3.05) is 19.7 Å². The Bertz CT molecular complexity index is 88.2. The van der Waals surface area contributed by atoms with Crippen molar-refractivity contribution in [1.82, 2.24) is 5.06 Å². The third kappa shape index (κ3) is 5.18. The predicted molar refractivity (Wildman–Crippen MR) is 45.2 cm³/mol. The summed E-state index contributed by atoms with van der Waals surface area (Å²) >= 11 is 0. The quantitative estimate of drug-likeness (QED) is 0.591. The van der Waals surface area contributed by atoms with E-state index in [0.717, 1.165) is 13.0 Å². The number of likely N-dealkylation sites (N-methyl/N-ethyl adjacent to an activating group) is 1. The van der Waals surface area contributed by atoms with Crippen molar-refractivity contribution in [3.8, 4) is 0 Å². The van der Waals surface area contributed by atoms with Gasteiger partial charge in [0.2, 0.25) is 0 Å². The Kier molecular flexibility index (Phi) is 6.51. The Hall–Kier alpha value is -0.120. The van der Waals surface area contributed by atoms with E-state index in [1.54, 1.807) is 5.06 Å². The van der Waals surface area contributed by atoms with Gasteiger partial charge in [0.1, 0.15) is 0 Å². The van der Waals surface area contributed by atoms with Gasteiger partial charge in [-0.25, -0.2) is 0 Å². The third-order valence-corrected chi connectivity index (χ3v) is 1.55. The lowest BCUT2D eigenvalue weighted by molar-refractivity contribution is -0.166. The Labute approximate surface area is 68.9 Å². The molecule has 3 heteroatoms. The molecule has 0 aromatic rings. The van der Waals surface area contributed by atoms with Crippen LogP contribution in [0.1, 0.15) is 27.2 Å². The second-order valence-electron chi connectivity index (χ2n) is 2.46. The number of hydroxylamine groups is 2. The zero-order valence-corrected chi connectivity index (χ0v) is 7.71. The van der Waals surface area contributed by atoms with Crippen LogP contribution in [-0.2, 0) is 4.84 Å². The van der Waals surface area contributed by atoms with Crippen LogP contribution < -0.4 is 0 Å². The molecule has 0 aliphatic heterocycles. The van der Waals surface area contributed by atoms with Gasteiger partial charge in [0, 0.05) is 6.54 Å². The number of aliphatic hydroxyl groups excluding tert-OH is 1. The lowest BCUT2D eigenvalue weighted by atomic mass is 10.3. The average Bonchev–Trinajstić information content (AvgIpc) is 2.03. The minimum absolute atomic E-state index is 0.263. The van der Waals surface area contributed by atoms with E-state index >= 15 is 0 Å². The molecular weight excluding hydrogens is 142 g/mol. The van der Waals surface area contributed by atoms with Crippen molar-refractivity contribution in [3.05, 3.63) is 0 Å². The molecule has 0 rings (SSSR count). The third-order valence-electron chi connectivity index (χ3n) is 1.55. The van der Waals surface area contributed by atoms with Crippen LogP contribution in [0.15, 0.2) is 0 Å². The van der Waals surface area contributed by atoms with Gasteiger partial charge in [0.05, 0.1) is 19.3 Å². The summed E-state index contributed by atoms with van der Waals surface area (Å²) in [5.41, 5.74) is 0. The fraction of sp³-hybridized carbons (Fsp3) is 1.00. The first-order chi connectivity index (χ1) is 5.24. The maximum atomic E-state index is 9.26. The smallest absolute Gasteiger partial charge is 0.0687 e. The zero-order valence-electron chi connectivity index (χ0n) is 7.71. The molecule has 1 atom stereocenters. The molecule has 11 heavy (non-hydrogen) atoms. The molecule has 0 aromatic heterocycles. The maximum absolute atomic E-state index is 9.26. The highest BCUT2D eigenvalue weighted by Crippen LogP contribution is 1.96. The van der Waals surface area contributed by atoms with Gasteiger partial charge in [-0.15, -0.1) is 0 Å². The van der Waals surface area contributed by atoms with Crippen molar-refractivity contribution in [2.24, 2.45) is 0 Å². The predicted octanol–water partition coefficient (Wildman–Crippen LogP) is 1.03. The van der Waals surface area contributed by atoms with E-state index < -0.39 is 0 Å². The van der Waals surface area contributed by atoms with Gasteiger partial charge in [-0.2, -0.15) is 5.06 Å². The van der Waals surface area contributed by atoms with Crippen molar-refractivity contribution in [3.63, 3.8) is 0 Å². The van der Waals surface area contributed by atoms with Gasteiger partial charge >= 0.3 is 0 Å². The second kappa shape index (κ2) is 6.58. The molecule has 0 saturated carbocycles. The van der Waals surface area contributed by atoms with Crippen LogP contribution in [0.2, 0.25) is 0 Å². The van der Waals surface area contributed by atoms with E-state index in [4.69, 9.17) is 4.84 Å². The molecule has 68 valence electrons. The first-order valence-electron chi connectivity index (χ1n) is 4.30. The summed E-state index contributed by atoms with van der Waals surface area (Å²) in [5, 5.41) is 11.1. The van der Waals surface area contributed by atoms with Crippen LogP contribution in [0.4, 0.5) is 0 Å². The second-order valence-corrected chi connectivity index (χ2v) is 2.46. The zero-order chi connectivity index (χ0) is 8.69. The standard InChI is InChI=1S/C8H19NO2/c1-4-8(10)7-9(5-2)11-6-3/h8,10H,4-7H2,1-3H3. The number of hydrogen-bond donors (Lipinski definition) is 1. The SMILES string of the molecule is CCON(CC)CC(O)CC. The number of nitrogens with zero attached hydrogens (tertiary/aromatic N) is 1. The molecule has 0 saturated heterocycles. The summed E-state index contributed by atoms with van der Waals surface area (Å²) < 4.78 is 0. The van der Waals surface area contributed by atoms with Gasteiger partial charge in [-0.05, 0) is 13.3 Å². The number of aliphatic hydroxyl groups is 1. The molecule has 0 spiro atoms. The Morgan fingerprint density at radius 3 is 2.36 bits per heavy atom. The largest absolute Gasteiger partial charge is 0.392 e. The van der Waals surface area contributed by atoms with Gasteiger partial charge in [0.25, 0.3) is 0 Å². The molecule has 1 unspecified atom stereocenters. The van der Waals surface area contributed by atoms with Crippen LogP contribution in [-0.4, -0.2) is 36.0 Å². The summed E-state index contributed by atoms with van der Waals surface area (Å²) in [5.74, 6) is 0. The fourth-order valence-corrected chi connectivity index (χ4v) is 0.820. The van der Waals surface area contributed by atoms with E-state index in [2.05, 4.69) is 0 Å². The van der Waals surface area contributed by atoms with Crippen LogP contribution in [0, 0.1) is 0 Å². The fourth-order valence-electron chi connectivity index (χ4n) is 0.820. The number of hydrogen-bond acceptors (Lipinski definition) is 3. The van der Waals surface area contributed by atoms with E-state index in [-0.39, 0.29) is 6.10 Å². The summed E-state index contributed by atoms with van der Waals surface area (Å²) in [6.07, 6.45) is 0.519. The van der Waals surface area contributed by atoms with Crippen LogP contribution in [0.3, 0.4) is 0 Å². The van der Waals surface area contributed by atoms with Crippen molar-refractivity contribution in [1.29, 1.82) is 0 Å².